The monoisotopic (exact) mass is 303 g/mol. The average Bonchev–Trinajstić information content (AvgIpc) is 2.77. The van der Waals surface area contributed by atoms with Gasteiger partial charge in [-0.05, 0) is 25.8 Å². The third-order valence-corrected chi connectivity index (χ3v) is 3.69. The maximum Gasteiger partial charge on any atom is 0.290 e. The molecule has 0 aliphatic carbocycles. The Balaban J connectivity index is 2.28. The molecule has 0 spiro atoms. The van der Waals surface area contributed by atoms with Crippen LogP contribution in [0.25, 0.3) is 0 Å². The van der Waals surface area contributed by atoms with Gasteiger partial charge in [0.05, 0.1) is 11.6 Å². The first-order valence-corrected chi connectivity index (χ1v) is 7.45. The van der Waals surface area contributed by atoms with Crippen molar-refractivity contribution in [3.63, 3.8) is 0 Å². The van der Waals surface area contributed by atoms with Crippen LogP contribution >= 0.6 is 0 Å². The van der Waals surface area contributed by atoms with E-state index in [-0.39, 0.29) is 11.4 Å². The van der Waals surface area contributed by atoms with Crippen molar-refractivity contribution in [2.45, 2.75) is 26.3 Å². The molecule has 22 heavy (non-hydrogen) atoms. The molecule has 0 fully saturated rings. The highest BCUT2D eigenvalue weighted by Gasteiger charge is 2.41. The summed E-state index contributed by atoms with van der Waals surface area (Å²) < 4.78 is 5.29. The second-order valence-electron chi connectivity index (χ2n) is 5.18. The molecule has 5 heteroatoms. The number of nitrogens with zero attached hydrogens (tertiary/aromatic N) is 1. The molecule has 0 bridgehead atoms. The third-order valence-electron chi connectivity index (χ3n) is 3.69. The number of aliphatic hydroxyl groups is 1. The molecule has 0 saturated heterocycles. The standard InChI is InChI=1S/C17H21NO4/c1-3-22-11-7-10-18-15(13-8-5-4-6-9-13)14(12(2)19)16(20)17(18)21/h4-6,8-9,15,20H,3,7,10-11H2,1-2H3/t15-/m0/s1. The minimum Gasteiger partial charge on any atom is -0.503 e. The summed E-state index contributed by atoms with van der Waals surface area (Å²) in [7, 11) is 0. The Morgan fingerprint density at radius 3 is 2.59 bits per heavy atom. The van der Waals surface area contributed by atoms with Crippen LogP contribution in [0.2, 0.25) is 0 Å². The molecule has 1 aromatic carbocycles. The molecule has 1 aliphatic heterocycles. The van der Waals surface area contributed by atoms with E-state index in [4.69, 9.17) is 4.74 Å². The number of Topliss-reactive ketones (excluding diaryl/α,β-unsaturated/α-hetero) is 1. The van der Waals surface area contributed by atoms with Gasteiger partial charge in [-0.2, -0.15) is 0 Å². The van der Waals surface area contributed by atoms with Crippen molar-refractivity contribution in [2.24, 2.45) is 0 Å². The van der Waals surface area contributed by atoms with Gasteiger partial charge < -0.3 is 14.7 Å². The second-order valence-corrected chi connectivity index (χ2v) is 5.18. The smallest absolute Gasteiger partial charge is 0.290 e. The summed E-state index contributed by atoms with van der Waals surface area (Å²) in [4.78, 5) is 25.7. The van der Waals surface area contributed by atoms with E-state index in [1.807, 2.05) is 37.3 Å². The molecule has 1 atom stereocenters. The third kappa shape index (κ3) is 3.20. The lowest BCUT2D eigenvalue weighted by Gasteiger charge is -2.26. The zero-order valence-corrected chi connectivity index (χ0v) is 12.9. The Morgan fingerprint density at radius 2 is 2.00 bits per heavy atom. The fourth-order valence-corrected chi connectivity index (χ4v) is 2.71. The van der Waals surface area contributed by atoms with Crippen LogP contribution in [0.15, 0.2) is 41.7 Å². The predicted molar refractivity (Wildman–Crippen MR) is 82.3 cm³/mol. The quantitative estimate of drug-likeness (QED) is 0.785. The number of carbonyl (C=O) groups is 2. The average molecular weight is 303 g/mol. The number of hydrogen-bond acceptors (Lipinski definition) is 4. The van der Waals surface area contributed by atoms with Crippen LogP contribution < -0.4 is 0 Å². The van der Waals surface area contributed by atoms with Gasteiger partial charge >= 0.3 is 0 Å². The van der Waals surface area contributed by atoms with Gasteiger partial charge in [0.1, 0.15) is 0 Å². The Bertz CT molecular complexity index is 580. The highest BCUT2D eigenvalue weighted by Crippen LogP contribution is 2.37. The maximum atomic E-state index is 12.3. The van der Waals surface area contributed by atoms with Gasteiger partial charge in [-0.1, -0.05) is 30.3 Å². The SMILES string of the molecule is CCOCCCN1C(=O)C(O)=C(C(C)=O)[C@@H]1c1ccccc1. The first kappa shape index (κ1) is 16.2. The van der Waals surface area contributed by atoms with Crippen LogP contribution in [0, 0.1) is 0 Å². The van der Waals surface area contributed by atoms with E-state index in [1.54, 1.807) is 4.90 Å². The number of hydrogen-bond donors (Lipinski definition) is 1. The molecule has 1 aromatic rings. The summed E-state index contributed by atoms with van der Waals surface area (Å²) >= 11 is 0. The van der Waals surface area contributed by atoms with Gasteiger partial charge in [0, 0.05) is 19.8 Å². The lowest BCUT2D eigenvalue weighted by molar-refractivity contribution is -0.129. The molecule has 1 N–H and O–H groups in total. The molecule has 118 valence electrons. The highest BCUT2D eigenvalue weighted by atomic mass is 16.5. The van der Waals surface area contributed by atoms with Crippen molar-refractivity contribution in [2.75, 3.05) is 19.8 Å². The normalized spacial score (nSPS) is 18.2. The lowest BCUT2D eigenvalue weighted by atomic mass is 9.97. The molecule has 1 aliphatic rings. The largest absolute Gasteiger partial charge is 0.503 e. The van der Waals surface area contributed by atoms with Gasteiger partial charge in [-0.25, -0.2) is 0 Å². The van der Waals surface area contributed by atoms with Crippen molar-refractivity contribution in [3.05, 3.63) is 47.2 Å². The Hall–Kier alpha value is -2.14. The number of aliphatic hydroxyl groups excluding tert-OH is 1. The molecule has 1 heterocycles. The molecular formula is C17H21NO4. The summed E-state index contributed by atoms with van der Waals surface area (Å²) in [5, 5.41) is 10.1. The number of amides is 1. The number of ether oxygens (including phenoxy) is 1. The minimum atomic E-state index is -0.521. The molecule has 0 saturated carbocycles. The van der Waals surface area contributed by atoms with E-state index < -0.39 is 17.7 Å². The van der Waals surface area contributed by atoms with Gasteiger partial charge in [-0.3, -0.25) is 9.59 Å². The van der Waals surface area contributed by atoms with E-state index in [9.17, 15) is 14.7 Å². The van der Waals surface area contributed by atoms with Crippen LogP contribution in [0.4, 0.5) is 0 Å². The zero-order valence-electron chi connectivity index (χ0n) is 12.9. The van der Waals surface area contributed by atoms with Crippen molar-refractivity contribution in [1.29, 1.82) is 0 Å². The molecule has 5 nitrogen and oxygen atoms in total. The summed E-state index contributed by atoms with van der Waals surface area (Å²) in [5.41, 5.74) is 0.995. The van der Waals surface area contributed by atoms with E-state index >= 15 is 0 Å². The summed E-state index contributed by atoms with van der Waals surface area (Å²) in [6, 6.07) is 8.77. The molecule has 2 rings (SSSR count). The van der Waals surface area contributed by atoms with E-state index in [2.05, 4.69) is 0 Å². The van der Waals surface area contributed by atoms with Crippen molar-refractivity contribution < 1.29 is 19.4 Å². The Morgan fingerprint density at radius 1 is 1.32 bits per heavy atom. The first-order valence-electron chi connectivity index (χ1n) is 7.45. The van der Waals surface area contributed by atoms with Gasteiger partial charge in [0.15, 0.2) is 11.5 Å². The topological polar surface area (TPSA) is 66.8 Å². The summed E-state index contributed by atoms with van der Waals surface area (Å²) in [6.07, 6.45) is 0.654. The van der Waals surface area contributed by atoms with E-state index in [0.29, 0.717) is 26.2 Å². The molecule has 1 amide bonds. The van der Waals surface area contributed by atoms with Crippen LogP contribution in [0.1, 0.15) is 31.9 Å². The number of carbonyl (C=O) groups excluding carboxylic acids is 2. The summed E-state index contributed by atoms with van der Waals surface area (Å²) in [5.74, 6) is -1.21. The lowest BCUT2D eigenvalue weighted by Crippen LogP contribution is -2.32. The van der Waals surface area contributed by atoms with Crippen LogP contribution in [-0.2, 0) is 14.3 Å². The van der Waals surface area contributed by atoms with Crippen LogP contribution in [0.3, 0.4) is 0 Å². The first-order chi connectivity index (χ1) is 10.6. The van der Waals surface area contributed by atoms with Gasteiger partial charge in [0.2, 0.25) is 0 Å². The van der Waals surface area contributed by atoms with Gasteiger partial charge in [0.25, 0.3) is 5.91 Å². The van der Waals surface area contributed by atoms with Crippen molar-refractivity contribution in [1.82, 2.24) is 4.90 Å². The molecule has 0 unspecified atom stereocenters. The second kappa shape index (κ2) is 7.22. The summed E-state index contributed by atoms with van der Waals surface area (Å²) in [6.45, 7) is 4.88. The molecular weight excluding hydrogens is 282 g/mol. The maximum absolute atomic E-state index is 12.3. The molecule has 0 radical (unpaired) electrons. The van der Waals surface area contributed by atoms with Crippen molar-refractivity contribution >= 4 is 11.7 Å². The Kier molecular flexibility index (Phi) is 5.33. The predicted octanol–water partition coefficient (Wildman–Crippen LogP) is 2.40. The van der Waals surface area contributed by atoms with Crippen LogP contribution in [0.5, 0.6) is 0 Å². The number of rotatable bonds is 7. The fourth-order valence-electron chi connectivity index (χ4n) is 2.71. The van der Waals surface area contributed by atoms with E-state index in [0.717, 1.165) is 5.56 Å². The van der Waals surface area contributed by atoms with E-state index in [1.165, 1.54) is 6.92 Å². The fraction of sp³-hybridized carbons (Fsp3) is 0.412. The minimum absolute atomic E-state index is 0.174. The number of benzene rings is 1. The zero-order chi connectivity index (χ0) is 16.1. The Labute approximate surface area is 130 Å². The molecule has 0 aromatic heterocycles. The van der Waals surface area contributed by atoms with Gasteiger partial charge in [-0.15, -0.1) is 0 Å². The number of ketones is 1. The van der Waals surface area contributed by atoms with Crippen molar-refractivity contribution in [3.8, 4) is 0 Å². The van der Waals surface area contributed by atoms with Crippen LogP contribution in [-0.4, -0.2) is 41.5 Å². The highest BCUT2D eigenvalue weighted by molar-refractivity contribution is 6.08.